The average Bonchev–Trinajstić information content (AvgIpc) is 2.42. The van der Waals surface area contributed by atoms with Gasteiger partial charge in [0.05, 0.1) is 0 Å². The Hall–Kier alpha value is -1.67. The maximum Gasteiger partial charge on any atom is 0.124 e. The van der Waals surface area contributed by atoms with Crippen molar-refractivity contribution in [3.63, 3.8) is 0 Å². The minimum Gasteiger partial charge on any atom is -0.488 e. The molecule has 0 atom stereocenters. The van der Waals surface area contributed by atoms with E-state index in [1.54, 1.807) is 0 Å². The summed E-state index contributed by atoms with van der Waals surface area (Å²) < 4.78 is 5.92. The van der Waals surface area contributed by atoms with Gasteiger partial charge in [-0.05, 0) is 49.1 Å². The standard InChI is InChI=1S/C17H20ClNO/c1-4-13-6-5-7-16(19)14(13)10-20-17-9-15(18)11(2)8-12(17)3/h5-9H,4,10,19H2,1-3H3. The maximum absolute atomic E-state index is 6.15. The first kappa shape index (κ1) is 14.7. The monoisotopic (exact) mass is 289 g/mol. The normalized spacial score (nSPS) is 10.6. The van der Waals surface area contributed by atoms with E-state index in [1.165, 1.54) is 5.56 Å². The summed E-state index contributed by atoms with van der Waals surface area (Å²) in [5.74, 6) is 0.811. The van der Waals surface area contributed by atoms with Crippen LogP contribution in [0.1, 0.15) is 29.2 Å². The number of rotatable bonds is 4. The first-order valence-corrected chi connectivity index (χ1v) is 7.16. The highest BCUT2D eigenvalue weighted by molar-refractivity contribution is 6.31. The minimum atomic E-state index is 0.468. The SMILES string of the molecule is CCc1cccc(N)c1COc1cc(Cl)c(C)cc1C. The molecule has 2 aromatic carbocycles. The van der Waals surface area contributed by atoms with Crippen LogP contribution >= 0.6 is 11.6 Å². The van der Waals surface area contributed by atoms with Gasteiger partial charge in [-0.1, -0.05) is 36.7 Å². The molecule has 0 saturated carbocycles. The van der Waals surface area contributed by atoms with Crippen molar-refractivity contribution >= 4 is 17.3 Å². The Kier molecular flexibility index (Phi) is 4.56. The number of anilines is 1. The lowest BCUT2D eigenvalue weighted by atomic mass is 10.0. The van der Waals surface area contributed by atoms with E-state index in [4.69, 9.17) is 22.1 Å². The highest BCUT2D eigenvalue weighted by Crippen LogP contribution is 2.28. The predicted octanol–water partition coefficient (Wildman–Crippen LogP) is 4.68. The number of halogens is 1. The van der Waals surface area contributed by atoms with Crippen molar-refractivity contribution in [1.29, 1.82) is 0 Å². The molecule has 0 heterocycles. The lowest BCUT2D eigenvalue weighted by molar-refractivity contribution is 0.303. The summed E-state index contributed by atoms with van der Waals surface area (Å²) in [6, 6.07) is 9.88. The third-order valence-corrected chi connectivity index (χ3v) is 3.93. The molecule has 2 nitrogen and oxygen atoms in total. The van der Waals surface area contributed by atoms with Gasteiger partial charge in [0.25, 0.3) is 0 Å². The number of nitrogens with two attached hydrogens (primary N) is 1. The first-order valence-electron chi connectivity index (χ1n) is 6.78. The van der Waals surface area contributed by atoms with Crippen LogP contribution in [-0.2, 0) is 13.0 Å². The third kappa shape index (κ3) is 3.07. The summed E-state index contributed by atoms with van der Waals surface area (Å²) >= 11 is 6.15. The first-order chi connectivity index (χ1) is 9.52. The Balaban J connectivity index is 2.23. The Labute approximate surface area is 125 Å². The highest BCUT2D eigenvalue weighted by Gasteiger charge is 2.08. The molecule has 0 unspecified atom stereocenters. The van der Waals surface area contributed by atoms with Crippen molar-refractivity contribution in [3.05, 3.63) is 57.6 Å². The molecule has 2 N–H and O–H groups in total. The van der Waals surface area contributed by atoms with Crippen molar-refractivity contribution in [1.82, 2.24) is 0 Å². The molecule has 0 radical (unpaired) electrons. The van der Waals surface area contributed by atoms with Gasteiger partial charge in [-0.25, -0.2) is 0 Å². The van der Waals surface area contributed by atoms with Crippen LogP contribution in [0.15, 0.2) is 30.3 Å². The molecule has 0 fully saturated rings. The molecule has 106 valence electrons. The molecular formula is C17H20ClNO. The molecule has 0 spiro atoms. The van der Waals surface area contributed by atoms with Crippen LogP contribution in [0.5, 0.6) is 5.75 Å². The molecule has 0 amide bonds. The topological polar surface area (TPSA) is 35.2 Å². The van der Waals surface area contributed by atoms with Crippen LogP contribution in [0.4, 0.5) is 5.69 Å². The molecule has 0 aromatic heterocycles. The summed E-state index contributed by atoms with van der Waals surface area (Å²) in [7, 11) is 0. The Morgan fingerprint density at radius 1 is 1.15 bits per heavy atom. The molecular weight excluding hydrogens is 270 g/mol. The van der Waals surface area contributed by atoms with Gasteiger partial charge in [-0.2, -0.15) is 0 Å². The van der Waals surface area contributed by atoms with Gasteiger partial charge in [0.1, 0.15) is 12.4 Å². The van der Waals surface area contributed by atoms with E-state index in [9.17, 15) is 0 Å². The number of ether oxygens (including phenoxy) is 1. The number of aryl methyl sites for hydroxylation is 3. The fourth-order valence-corrected chi connectivity index (χ4v) is 2.43. The lowest BCUT2D eigenvalue weighted by Gasteiger charge is -2.14. The maximum atomic E-state index is 6.15. The Bertz CT molecular complexity index is 623. The van der Waals surface area contributed by atoms with Crippen LogP contribution in [-0.4, -0.2) is 0 Å². The van der Waals surface area contributed by atoms with Crippen LogP contribution < -0.4 is 10.5 Å². The van der Waals surface area contributed by atoms with E-state index in [-0.39, 0.29) is 0 Å². The molecule has 0 bridgehead atoms. The average molecular weight is 290 g/mol. The van der Waals surface area contributed by atoms with Gasteiger partial charge in [-0.15, -0.1) is 0 Å². The van der Waals surface area contributed by atoms with Gasteiger partial charge in [0.15, 0.2) is 0 Å². The summed E-state index contributed by atoms with van der Waals surface area (Å²) in [5, 5.41) is 0.724. The van der Waals surface area contributed by atoms with Gasteiger partial charge in [0, 0.05) is 16.3 Å². The smallest absolute Gasteiger partial charge is 0.124 e. The number of hydrogen-bond acceptors (Lipinski definition) is 2. The molecule has 3 heteroatoms. The highest BCUT2D eigenvalue weighted by atomic mass is 35.5. The predicted molar refractivity (Wildman–Crippen MR) is 85.5 cm³/mol. The van der Waals surface area contributed by atoms with Gasteiger partial charge < -0.3 is 10.5 Å². The Morgan fingerprint density at radius 3 is 2.60 bits per heavy atom. The van der Waals surface area contributed by atoms with E-state index < -0.39 is 0 Å². The lowest BCUT2D eigenvalue weighted by Crippen LogP contribution is -2.05. The van der Waals surface area contributed by atoms with Crippen molar-refractivity contribution in [2.45, 2.75) is 33.8 Å². The molecule has 2 aromatic rings. The second-order valence-corrected chi connectivity index (χ2v) is 5.40. The van der Waals surface area contributed by atoms with Crippen molar-refractivity contribution in [2.24, 2.45) is 0 Å². The number of nitrogen functional groups attached to an aromatic ring is 1. The molecule has 0 aliphatic heterocycles. The largest absolute Gasteiger partial charge is 0.488 e. The van der Waals surface area contributed by atoms with E-state index in [1.807, 2.05) is 38.1 Å². The van der Waals surface area contributed by atoms with Crippen LogP contribution in [0.3, 0.4) is 0 Å². The van der Waals surface area contributed by atoms with Crippen molar-refractivity contribution in [3.8, 4) is 5.75 Å². The Morgan fingerprint density at radius 2 is 1.90 bits per heavy atom. The van der Waals surface area contributed by atoms with E-state index in [2.05, 4.69) is 13.0 Å². The zero-order valence-electron chi connectivity index (χ0n) is 12.2. The van der Waals surface area contributed by atoms with Gasteiger partial charge in [-0.3, -0.25) is 0 Å². The quantitative estimate of drug-likeness (QED) is 0.829. The molecule has 2 rings (SSSR count). The van der Waals surface area contributed by atoms with Crippen molar-refractivity contribution in [2.75, 3.05) is 5.73 Å². The second-order valence-electron chi connectivity index (χ2n) is 4.99. The third-order valence-electron chi connectivity index (χ3n) is 3.52. The number of benzene rings is 2. The molecule has 0 aliphatic carbocycles. The van der Waals surface area contributed by atoms with Crippen LogP contribution in [0.25, 0.3) is 0 Å². The zero-order chi connectivity index (χ0) is 14.7. The molecule has 0 aliphatic rings. The number of hydrogen-bond donors (Lipinski definition) is 1. The summed E-state index contributed by atoms with van der Waals surface area (Å²) in [6.45, 7) is 6.60. The van der Waals surface area contributed by atoms with E-state index >= 15 is 0 Å². The van der Waals surface area contributed by atoms with Crippen molar-refractivity contribution < 1.29 is 4.74 Å². The van der Waals surface area contributed by atoms with Crippen LogP contribution in [0, 0.1) is 13.8 Å². The van der Waals surface area contributed by atoms with E-state index in [0.717, 1.165) is 39.6 Å². The summed E-state index contributed by atoms with van der Waals surface area (Å²) in [5.41, 5.74) is 11.3. The van der Waals surface area contributed by atoms with Gasteiger partial charge in [0.2, 0.25) is 0 Å². The molecule has 0 saturated heterocycles. The van der Waals surface area contributed by atoms with Gasteiger partial charge >= 0.3 is 0 Å². The fraction of sp³-hybridized carbons (Fsp3) is 0.294. The fourth-order valence-electron chi connectivity index (χ4n) is 2.27. The van der Waals surface area contributed by atoms with E-state index in [0.29, 0.717) is 6.61 Å². The van der Waals surface area contributed by atoms with Crippen LogP contribution in [0.2, 0.25) is 5.02 Å². The zero-order valence-corrected chi connectivity index (χ0v) is 12.9. The summed E-state index contributed by atoms with van der Waals surface area (Å²) in [6.07, 6.45) is 0.942. The molecule has 20 heavy (non-hydrogen) atoms. The minimum absolute atomic E-state index is 0.468. The second kappa shape index (κ2) is 6.19. The summed E-state index contributed by atoms with van der Waals surface area (Å²) in [4.78, 5) is 0.